The molecule has 0 saturated carbocycles. The molecule has 0 fully saturated rings. The highest BCUT2D eigenvalue weighted by Gasteiger charge is 2.16. The second kappa shape index (κ2) is 6.00. The third kappa shape index (κ3) is 3.10. The number of aryl methyl sites for hydroxylation is 1. The van der Waals surface area contributed by atoms with Crippen LogP contribution in [-0.4, -0.2) is 24.5 Å². The minimum atomic E-state index is 0.0718. The Morgan fingerprint density at radius 1 is 1.44 bits per heavy atom. The average molecular weight is 265 g/mol. The van der Waals surface area contributed by atoms with E-state index >= 15 is 0 Å². The zero-order valence-corrected chi connectivity index (χ0v) is 11.4. The van der Waals surface area contributed by atoms with E-state index in [2.05, 4.69) is 23.0 Å². The molecule has 4 N–H and O–H groups in total. The quantitative estimate of drug-likeness (QED) is 0.564. The van der Waals surface area contributed by atoms with Crippen molar-refractivity contribution < 1.29 is 4.79 Å². The molecule has 1 heterocycles. The van der Waals surface area contributed by atoms with Crippen molar-refractivity contribution in [3.8, 4) is 0 Å². The molecular weight excluding hydrogens is 246 g/mol. The maximum atomic E-state index is 11.3. The Kier molecular flexibility index (Phi) is 4.36. The van der Waals surface area contributed by atoms with E-state index in [1.54, 1.807) is 0 Å². The molecule has 0 saturated heterocycles. The number of amides is 1. The molecule has 1 aliphatic rings. The first kappa shape index (κ1) is 13.1. The van der Waals surface area contributed by atoms with Gasteiger partial charge in [0.1, 0.15) is 0 Å². The molecule has 0 radical (unpaired) electrons. The molecule has 1 aromatic carbocycles. The Labute approximate surface area is 112 Å². The average Bonchev–Trinajstić information content (AvgIpc) is 2.35. The van der Waals surface area contributed by atoms with Gasteiger partial charge in [0.15, 0.2) is 0 Å². The summed E-state index contributed by atoms with van der Waals surface area (Å²) < 4.78 is 0. The molecule has 0 aromatic heterocycles. The minimum Gasteiger partial charge on any atom is -0.397 e. The molecule has 4 nitrogen and oxygen atoms in total. The Morgan fingerprint density at radius 3 is 3.06 bits per heavy atom. The molecule has 2 rings (SSSR count). The fraction of sp³-hybridized carbons (Fsp3) is 0.462. The molecule has 18 heavy (non-hydrogen) atoms. The van der Waals surface area contributed by atoms with Crippen LogP contribution >= 0.6 is 11.8 Å². The van der Waals surface area contributed by atoms with Gasteiger partial charge in [0, 0.05) is 18.7 Å². The van der Waals surface area contributed by atoms with Crippen molar-refractivity contribution in [1.82, 2.24) is 0 Å². The Morgan fingerprint density at radius 2 is 2.28 bits per heavy atom. The summed E-state index contributed by atoms with van der Waals surface area (Å²) in [6.45, 7) is 0.927. The lowest BCUT2D eigenvalue weighted by Crippen LogP contribution is -2.19. The van der Waals surface area contributed by atoms with Crippen LogP contribution in [0, 0.1) is 0 Å². The van der Waals surface area contributed by atoms with Crippen molar-refractivity contribution in [2.75, 3.05) is 34.9 Å². The molecule has 0 spiro atoms. The smallest absolute Gasteiger partial charge is 0.224 e. The fourth-order valence-electron chi connectivity index (χ4n) is 2.04. The molecule has 1 amide bonds. The van der Waals surface area contributed by atoms with Gasteiger partial charge in [-0.05, 0) is 42.5 Å². The minimum absolute atomic E-state index is 0.0718. The molecule has 98 valence electrons. The summed E-state index contributed by atoms with van der Waals surface area (Å²) in [4.78, 5) is 11.3. The van der Waals surface area contributed by atoms with Gasteiger partial charge >= 0.3 is 0 Å². The zero-order chi connectivity index (χ0) is 13.0. The molecule has 0 aliphatic carbocycles. The van der Waals surface area contributed by atoms with Gasteiger partial charge in [-0.2, -0.15) is 11.8 Å². The van der Waals surface area contributed by atoms with E-state index < -0.39 is 0 Å². The van der Waals surface area contributed by atoms with E-state index in [0.29, 0.717) is 12.1 Å². The maximum absolute atomic E-state index is 11.3. The molecule has 5 heteroatoms. The second-order valence-corrected chi connectivity index (χ2v) is 5.40. The van der Waals surface area contributed by atoms with E-state index in [4.69, 9.17) is 5.73 Å². The number of anilines is 3. The highest BCUT2D eigenvalue weighted by Crippen LogP contribution is 2.30. The number of nitrogens with one attached hydrogen (secondary N) is 2. The number of carbonyl (C=O) groups is 1. The van der Waals surface area contributed by atoms with Crippen LogP contribution in [0.4, 0.5) is 17.1 Å². The number of hydrogen-bond donors (Lipinski definition) is 3. The third-order valence-electron chi connectivity index (χ3n) is 3.01. The number of rotatable bonds is 5. The van der Waals surface area contributed by atoms with E-state index in [1.807, 2.05) is 17.8 Å². The second-order valence-electron chi connectivity index (χ2n) is 4.42. The Hall–Kier alpha value is -1.36. The lowest BCUT2D eigenvalue weighted by atomic mass is 10.0. The van der Waals surface area contributed by atoms with Gasteiger partial charge in [0.2, 0.25) is 5.91 Å². The Balaban J connectivity index is 2.05. The van der Waals surface area contributed by atoms with E-state index in [9.17, 15) is 4.79 Å². The molecule has 1 aliphatic heterocycles. The summed E-state index contributed by atoms with van der Waals surface area (Å²) >= 11 is 1.85. The predicted molar refractivity (Wildman–Crippen MR) is 79.3 cm³/mol. The van der Waals surface area contributed by atoms with Crippen LogP contribution in [0.2, 0.25) is 0 Å². The summed E-state index contributed by atoms with van der Waals surface area (Å²) in [5.41, 5.74) is 9.68. The van der Waals surface area contributed by atoms with Gasteiger partial charge < -0.3 is 16.4 Å². The number of nitrogen functional groups attached to an aromatic ring is 1. The Bertz CT molecular complexity index is 448. The van der Waals surface area contributed by atoms with Crippen LogP contribution in [0.25, 0.3) is 0 Å². The summed E-state index contributed by atoms with van der Waals surface area (Å²) in [5.74, 6) is 1.22. The van der Waals surface area contributed by atoms with E-state index in [1.165, 1.54) is 0 Å². The first-order valence-electron chi connectivity index (χ1n) is 6.16. The summed E-state index contributed by atoms with van der Waals surface area (Å²) in [6, 6.07) is 3.91. The zero-order valence-electron chi connectivity index (χ0n) is 10.6. The third-order valence-corrected chi connectivity index (χ3v) is 3.71. The van der Waals surface area contributed by atoms with Crippen molar-refractivity contribution in [1.29, 1.82) is 0 Å². The SMILES string of the molecule is CSCCCNc1cc2c(cc1N)NC(=O)CC2. The van der Waals surface area contributed by atoms with Gasteiger partial charge in [0.25, 0.3) is 0 Å². The van der Waals surface area contributed by atoms with Crippen LogP contribution in [-0.2, 0) is 11.2 Å². The van der Waals surface area contributed by atoms with Gasteiger partial charge in [-0.15, -0.1) is 0 Å². The summed E-state index contributed by atoms with van der Waals surface area (Å²) in [7, 11) is 0. The van der Waals surface area contributed by atoms with Gasteiger partial charge in [-0.25, -0.2) is 0 Å². The normalized spacial score (nSPS) is 13.9. The largest absolute Gasteiger partial charge is 0.397 e. The van der Waals surface area contributed by atoms with Crippen molar-refractivity contribution in [3.05, 3.63) is 17.7 Å². The standard InChI is InChI=1S/C13H19N3OS/c1-18-6-2-5-15-12-7-9-3-4-13(17)16-11(9)8-10(12)14/h7-8,15H,2-6,14H2,1H3,(H,16,17). The lowest BCUT2D eigenvalue weighted by Gasteiger charge is -2.19. The number of benzene rings is 1. The lowest BCUT2D eigenvalue weighted by molar-refractivity contribution is -0.116. The van der Waals surface area contributed by atoms with Crippen molar-refractivity contribution in [2.24, 2.45) is 0 Å². The predicted octanol–water partition coefficient (Wildman–Crippen LogP) is 2.32. The summed E-state index contributed by atoms with van der Waals surface area (Å²) in [5, 5.41) is 6.21. The van der Waals surface area contributed by atoms with Crippen molar-refractivity contribution in [2.45, 2.75) is 19.3 Å². The number of thioether (sulfide) groups is 1. The molecule has 1 aromatic rings. The topological polar surface area (TPSA) is 67.2 Å². The molecular formula is C13H19N3OS. The first-order valence-corrected chi connectivity index (χ1v) is 7.55. The number of carbonyl (C=O) groups excluding carboxylic acids is 1. The van der Waals surface area contributed by atoms with Gasteiger partial charge in [-0.1, -0.05) is 0 Å². The van der Waals surface area contributed by atoms with Crippen LogP contribution in [0.15, 0.2) is 12.1 Å². The molecule has 0 atom stereocenters. The summed E-state index contributed by atoms with van der Waals surface area (Å²) in [6.07, 6.45) is 4.58. The molecule has 0 bridgehead atoms. The van der Waals surface area contributed by atoms with E-state index in [-0.39, 0.29) is 5.91 Å². The highest BCUT2D eigenvalue weighted by atomic mass is 32.2. The first-order chi connectivity index (χ1) is 8.70. The fourth-order valence-corrected chi connectivity index (χ4v) is 2.47. The highest BCUT2D eigenvalue weighted by molar-refractivity contribution is 7.98. The van der Waals surface area contributed by atoms with Gasteiger partial charge in [0.05, 0.1) is 11.4 Å². The maximum Gasteiger partial charge on any atom is 0.224 e. The monoisotopic (exact) mass is 265 g/mol. The van der Waals surface area contributed by atoms with Crippen molar-refractivity contribution in [3.63, 3.8) is 0 Å². The number of hydrogen-bond acceptors (Lipinski definition) is 4. The van der Waals surface area contributed by atoms with Crippen LogP contribution in [0.1, 0.15) is 18.4 Å². The van der Waals surface area contributed by atoms with Crippen LogP contribution in [0.3, 0.4) is 0 Å². The van der Waals surface area contributed by atoms with Crippen LogP contribution in [0.5, 0.6) is 0 Å². The van der Waals surface area contributed by atoms with Crippen molar-refractivity contribution >= 4 is 34.7 Å². The number of nitrogens with two attached hydrogens (primary N) is 1. The molecule has 0 unspecified atom stereocenters. The van der Waals surface area contributed by atoms with Crippen LogP contribution < -0.4 is 16.4 Å². The number of fused-ring (bicyclic) bond motifs is 1. The van der Waals surface area contributed by atoms with E-state index in [0.717, 1.165) is 42.1 Å². The van der Waals surface area contributed by atoms with Gasteiger partial charge in [-0.3, -0.25) is 4.79 Å².